The number of carbonyl (C=O) groups is 1. The highest BCUT2D eigenvalue weighted by Gasteiger charge is 2.37. The summed E-state index contributed by atoms with van der Waals surface area (Å²) in [6.07, 6.45) is 1.43. The van der Waals surface area contributed by atoms with Crippen molar-refractivity contribution < 1.29 is 31.1 Å². The number of amides is 1. The summed E-state index contributed by atoms with van der Waals surface area (Å²) in [6.45, 7) is 0. The standard InChI is InChI=1S/C25H22F6N6O/c1-37-10-20(33-11-37)24(38)35-14-4-2-3-13(7-14)34-23-19(28)8-17(25(29,30)31)21(36-23)16-9-32-22-15(16)5-12(26)6-18(22)27/h5-6,8-11,13-14,32H,2-4,7H2,1H3,(H,34,36)(H,35,38)/t13-,14+/m1/s1. The van der Waals surface area contributed by atoms with Crippen LogP contribution in [0.15, 0.2) is 36.9 Å². The number of hydrogen-bond acceptors (Lipinski definition) is 4. The Morgan fingerprint density at radius 3 is 2.58 bits per heavy atom. The highest BCUT2D eigenvalue weighted by molar-refractivity contribution is 5.96. The molecule has 200 valence electrons. The van der Waals surface area contributed by atoms with Crippen molar-refractivity contribution in [2.45, 2.75) is 43.9 Å². The zero-order valence-electron chi connectivity index (χ0n) is 20.0. The maximum atomic E-state index is 14.9. The van der Waals surface area contributed by atoms with Crippen molar-refractivity contribution in [1.82, 2.24) is 24.8 Å². The highest BCUT2D eigenvalue weighted by atomic mass is 19.4. The molecular weight excluding hydrogens is 514 g/mol. The van der Waals surface area contributed by atoms with E-state index >= 15 is 0 Å². The summed E-state index contributed by atoms with van der Waals surface area (Å²) in [4.78, 5) is 22.9. The second-order valence-electron chi connectivity index (χ2n) is 9.33. The van der Waals surface area contributed by atoms with Gasteiger partial charge in [-0.2, -0.15) is 13.2 Å². The van der Waals surface area contributed by atoms with E-state index in [2.05, 4.69) is 25.6 Å². The average molecular weight is 536 g/mol. The van der Waals surface area contributed by atoms with Gasteiger partial charge in [0.25, 0.3) is 5.91 Å². The molecule has 38 heavy (non-hydrogen) atoms. The molecule has 1 fully saturated rings. The van der Waals surface area contributed by atoms with E-state index in [1.54, 1.807) is 17.8 Å². The number of imidazole rings is 1. The quantitative estimate of drug-likeness (QED) is 0.292. The number of halogens is 6. The van der Waals surface area contributed by atoms with Crippen LogP contribution in [0.25, 0.3) is 22.2 Å². The summed E-state index contributed by atoms with van der Waals surface area (Å²) in [5, 5.41) is 5.59. The molecule has 7 nitrogen and oxygen atoms in total. The summed E-state index contributed by atoms with van der Waals surface area (Å²) in [5.74, 6) is -3.98. The molecule has 3 aromatic heterocycles. The molecule has 4 aromatic rings. The first-order valence-corrected chi connectivity index (χ1v) is 11.8. The Kier molecular flexibility index (Phi) is 6.53. The van der Waals surface area contributed by atoms with E-state index in [-0.39, 0.29) is 34.1 Å². The predicted molar refractivity (Wildman–Crippen MR) is 127 cm³/mol. The minimum atomic E-state index is -4.98. The average Bonchev–Trinajstić information content (AvgIpc) is 3.46. The number of rotatable bonds is 5. The van der Waals surface area contributed by atoms with E-state index in [9.17, 15) is 31.1 Å². The summed E-state index contributed by atoms with van der Waals surface area (Å²) < 4.78 is 86.2. The van der Waals surface area contributed by atoms with Gasteiger partial charge in [-0.3, -0.25) is 4.79 Å². The number of nitrogens with one attached hydrogen (secondary N) is 3. The minimum absolute atomic E-state index is 0.159. The number of aromatic amines is 1. The molecule has 0 aliphatic heterocycles. The molecule has 0 radical (unpaired) electrons. The number of aryl methyl sites for hydroxylation is 1. The van der Waals surface area contributed by atoms with Crippen LogP contribution in [-0.4, -0.2) is 37.5 Å². The molecule has 0 unspecified atom stereocenters. The van der Waals surface area contributed by atoms with Crippen molar-refractivity contribution in [2.24, 2.45) is 7.05 Å². The first-order valence-electron chi connectivity index (χ1n) is 11.8. The van der Waals surface area contributed by atoms with Gasteiger partial charge >= 0.3 is 6.18 Å². The number of hydrogen-bond donors (Lipinski definition) is 3. The lowest BCUT2D eigenvalue weighted by Crippen LogP contribution is -2.42. The lowest BCUT2D eigenvalue weighted by atomic mass is 9.90. The molecule has 3 heterocycles. The van der Waals surface area contributed by atoms with Crippen molar-refractivity contribution in [3.63, 3.8) is 0 Å². The zero-order valence-corrected chi connectivity index (χ0v) is 20.0. The van der Waals surface area contributed by atoms with Gasteiger partial charge in [-0.1, -0.05) is 0 Å². The van der Waals surface area contributed by atoms with Crippen LogP contribution in [0, 0.1) is 17.5 Å². The van der Waals surface area contributed by atoms with Crippen molar-refractivity contribution in [3.8, 4) is 11.3 Å². The molecule has 5 rings (SSSR count). The summed E-state index contributed by atoms with van der Waals surface area (Å²) in [7, 11) is 1.73. The first-order chi connectivity index (χ1) is 18.0. The number of aromatic nitrogens is 4. The van der Waals surface area contributed by atoms with Crippen LogP contribution in [0.5, 0.6) is 0 Å². The van der Waals surface area contributed by atoms with Crippen LogP contribution in [0.2, 0.25) is 0 Å². The lowest BCUT2D eigenvalue weighted by molar-refractivity contribution is -0.137. The van der Waals surface area contributed by atoms with Crippen molar-refractivity contribution in [1.29, 1.82) is 0 Å². The van der Waals surface area contributed by atoms with Gasteiger partial charge in [0.2, 0.25) is 0 Å². The van der Waals surface area contributed by atoms with Gasteiger partial charge in [-0.05, 0) is 37.8 Å². The molecule has 2 atom stereocenters. The Labute approximate surface area is 212 Å². The predicted octanol–water partition coefficient (Wildman–Crippen LogP) is 5.55. The van der Waals surface area contributed by atoms with Crippen molar-refractivity contribution >= 4 is 22.6 Å². The third-order valence-corrected chi connectivity index (χ3v) is 6.53. The fraction of sp³-hybridized carbons (Fsp3) is 0.320. The fourth-order valence-electron chi connectivity index (χ4n) is 4.80. The maximum absolute atomic E-state index is 14.9. The number of anilines is 1. The molecule has 0 bridgehead atoms. The van der Waals surface area contributed by atoms with E-state index in [1.165, 1.54) is 6.33 Å². The molecule has 0 saturated heterocycles. The minimum Gasteiger partial charge on any atom is -0.365 e. The van der Waals surface area contributed by atoms with Gasteiger partial charge in [0.15, 0.2) is 11.6 Å². The Hall–Kier alpha value is -4.03. The number of pyridine rings is 1. The Bertz CT molecular complexity index is 1510. The van der Waals surface area contributed by atoms with E-state index in [4.69, 9.17) is 0 Å². The molecule has 1 aliphatic rings. The normalized spacial score (nSPS) is 18.1. The maximum Gasteiger partial charge on any atom is 0.418 e. The summed E-state index contributed by atoms with van der Waals surface area (Å²) in [5.41, 5.74) is -2.23. The molecule has 1 saturated carbocycles. The van der Waals surface area contributed by atoms with E-state index < -0.39 is 46.7 Å². The van der Waals surface area contributed by atoms with Gasteiger partial charge in [-0.15, -0.1) is 0 Å². The monoisotopic (exact) mass is 536 g/mol. The van der Waals surface area contributed by atoms with Gasteiger partial charge in [0.05, 0.1) is 23.1 Å². The fourth-order valence-corrected chi connectivity index (χ4v) is 4.80. The molecule has 1 aliphatic carbocycles. The summed E-state index contributed by atoms with van der Waals surface area (Å²) >= 11 is 0. The van der Waals surface area contributed by atoms with E-state index in [0.29, 0.717) is 37.8 Å². The molecule has 1 aromatic carbocycles. The van der Waals surface area contributed by atoms with Crippen LogP contribution in [0.3, 0.4) is 0 Å². The van der Waals surface area contributed by atoms with Crippen LogP contribution < -0.4 is 10.6 Å². The number of alkyl halides is 3. The van der Waals surface area contributed by atoms with Crippen LogP contribution in [-0.2, 0) is 13.2 Å². The molecule has 1 amide bonds. The van der Waals surface area contributed by atoms with Crippen LogP contribution in [0.4, 0.5) is 32.2 Å². The Balaban J connectivity index is 1.44. The molecule has 0 spiro atoms. The first kappa shape index (κ1) is 25.6. The van der Waals surface area contributed by atoms with Gasteiger partial charge in [0, 0.05) is 48.5 Å². The summed E-state index contributed by atoms with van der Waals surface area (Å²) in [6, 6.07) is 1.14. The topological polar surface area (TPSA) is 87.6 Å². The number of fused-ring (bicyclic) bond motifs is 1. The third kappa shape index (κ3) is 5.04. The Morgan fingerprint density at radius 2 is 1.87 bits per heavy atom. The van der Waals surface area contributed by atoms with Crippen LogP contribution in [0.1, 0.15) is 41.7 Å². The molecular formula is C25H22F6N6O. The van der Waals surface area contributed by atoms with Gasteiger partial charge < -0.3 is 20.2 Å². The second kappa shape index (κ2) is 9.69. The lowest BCUT2D eigenvalue weighted by Gasteiger charge is -2.30. The van der Waals surface area contributed by atoms with Crippen molar-refractivity contribution in [3.05, 3.63) is 65.6 Å². The Morgan fingerprint density at radius 1 is 1.11 bits per heavy atom. The number of nitrogens with zero attached hydrogens (tertiary/aromatic N) is 3. The molecule has 13 heteroatoms. The third-order valence-electron chi connectivity index (χ3n) is 6.53. The highest BCUT2D eigenvalue weighted by Crippen LogP contribution is 2.41. The zero-order chi connectivity index (χ0) is 27.2. The number of H-pyrrole nitrogens is 1. The second-order valence-corrected chi connectivity index (χ2v) is 9.33. The number of benzene rings is 1. The number of carbonyl (C=O) groups excluding carboxylic acids is 1. The largest absolute Gasteiger partial charge is 0.418 e. The smallest absolute Gasteiger partial charge is 0.365 e. The van der Waals surface area contributed by atoms with Crippen LogP contribution >= 0.6 is 0 Å². The van der Waals surface area contributed by atoms with Gasteiger partial charge in [0.1, 0.15) is 17.3 Å². The van der Waals surface area contributed by atoms with Crippen molar-refractivity contribution in [2.75, 3.05) is 5.32 Å². The van der Waals surface area contributed by atoms with E-state index in [1.807, 2.05) is 0 Å². The molecule has 3 N–H and O–H groups in total. The van der Waals surface area contributed by atoms with Gasteiger partial charge in [-0.25, -0.2) is 23.1 Å². The van der Waals surface area contributed by atoms with E-state index in [0.717, 1.165) is 12.3 Å². The SMILES string of the molecule is Cn1cnc(C(=O)N[C@H]2CCC[C@@H](Nc3nc(-c4c[nH]c5c(F)cc(F)cc45)c(C(F)(F)F)cc3F)C2)c1.